The molecule has 1 aliphatic rings. The highest BCUT2D eigenvalue weighted by Gasteiger charge is 2.54. The molecule has 5 rings (SSSR count). The molecule has 280 valence electrons. The summed E-state index contributed by atoms with van der Waals surface area (Å²) in [5.74, 6) is -6.55. The van der Waals surface area contributed by atoms with Crippen LogP contribution in [0.1, 0.15) is 28.7 Å². The number of halogens is 7. The third-order valence-corrected chi connectivity index (χ3v) is 9.44. The summed E-state index contributed by atoms with van der Waals surface area (Å²) in [6.45, 7) is 3.47. The van der Waals surface area contributed by atoms with E-state index in [1.165, 1.54) is 16.7 Å². The molecular weight excluding hydrogens is 738 g/mol. The second kappa shape index (κ2) is 18.0. The number of alkyl halides is 6. The normalized spacial score (nSPS) is 13.1. The van der Waals surface area contributed by atoms with Gasteiger partial charge in [-0.05, 0) is 79.2 Å². The number of Topliss-reactive ketones (excluding diaryl/α,β-unsaturated/α-hetero) is 2. The molecule has 1 aromatic heterocycles. The lowest BCUT2D eigenvalue weighted by Crippen LogP contribution is -2.45. The van der Waals surface area contributed by atoms with Crippen molar-refractivity contribution >= 4 is 50.6 Å². The standard InChI is InChI=1S/C31H35ClN4O3S.C4F6O2/c32-25-7-3-4-21(18-25)10-13-33-15-12-28(38)36(26-19-23-5-1-2-6-24(23)20-26)17-16-34-14-11-22-8-9-27(37)29-30(22)40-31(39)35-29;5-3(6,7)1(11)2(12)4(8,9)10/h1-9,18,26,33-34,37H,10-17,19-20H2,(H,35,39);. The van der Waals surface area contributed by atoms with Crippen LogP contribution in [0, 0.1) is 0 Å². The molecule has 1 aliphatic carbocycles. The number of hydrogen-bond donors (Lipinski definition) is 4. The number of hydrogen-bond acceptors (Lipinski definition) is 8. The summed E-state index contributed by atoms with van der Waals surface area (Å²) in [5, 5.41) is 17.7. The number of rotatable bonds is 14. The number of aromatic amines is 1. The van der Waals surface area contributed by atoms with Gasteiger partial charge in [-0.15, -0.1) is 0 Å². The topological polar surface area (TPSA) is 132 Å². The zero-order chi connectivity index (χ0) is 38.1. The lowest BCUT2D eigenvalue weighted by atomic mass is 10.1. The van der Waals surface area contributed by atoms with Gasteiger partial charge in [-0.25, -0.2) is 0 Å². The molecule has 0 fully saturated rings. The minimum absolute atomic E-state index is 0.0933. The van der Waals surface area contributed by atoms with Crippen LogP contribution in [0.25, 0.3) is 10.2 Å². The van der Waals surface area contributed by atoms with Crippen LogP contribution in [-0.4, -0.2) is 83.6 Å². The van der Waals surface area contributed by atoms with Crippen LogP contribution >= 0.6 is 22.9 Å². The lowest BCUT2D eigenvalue weighted by Gasteiger charge is -2.29. The fourth-order valence-electron chi connectivity index (χ4n) is 5.73. The van der Waals surface area contributed by atoms with Crippen LogP contribution in [0.15, 0.2) is 65.5 Å². The highest BCUT2D eigenvalue weighted by Crippen LogP contribution is 2.29. The molecule has 4 aromatic rings. The Morgan fingerprint density at radius 3 is 2.08 bits per heavy atom. The fourth-order valence-corrected chi connectivity index (χ4v) is 6.84. The van der Waals surface area contributed by atoms with Crippen LogP contribution in [0.5, 0.6) is 5.75 Å². The first-order valence-corrected chi connectivity index (χ1v) is 17.3. The molecule has 0 aliphatic heterocycles. The number of carbonyl (C=O) groups excluding carboxylic acids is 3. The number of carbonyl (C=O) groups is 3. The summed E-state index contributed by atoms with van der Waals surface area (Å²) in [6.07, 6.45) is -7.71. The maximum atomic E-state index is 13.4. The minimum atomic E-state index is -5.77. The average Bonchev–Trinajstić information content (AvgIpc) is 3.70. The van der Waals surface area contributed by atoms with Crippen molar-refractivity contribution < 1.29 is 45.8 Å². The molecule has 9 nitrogen and oxygen atoms in total. The summed E-state index contributed by atoms with van der Waals surface area (Å²) in [7, 11) is 0. The summed E-state index contributed by atoms with van der Waals surface area (Å²) in [6, 6.07) is 20.0. The molecule has 4 N–H and O–H groups in total. The van der Waals surface area contributed by atoms with E-state index in [1.807, 2.05) is 24.3 Å². The highest BCUT2D eigenvalue weighted by molar-refractivity contribution is 7.16. The number of amides is 1. The Balaban J connectivity index is 0.000000434. The van der Waals surface area contributed by atoms with Gasteiger partial charge in [0, 0.05) is 37.1 Å². The van der Waals surface area contributed by atoms with Gasteiger partial charge in [0.1, 0.15) is 11.3 Å². The SMILES string of the molecule is O=C(C(=O)C(F)(F)F)C(F)(F)F.O=C(CCNCCc1cccc(Cl)c1)N(CCNCCc1ccc(O)c2[nH]c(=O)sc12)C1Cc2ccccc2C1. The molecule has 0 radical (unpaired) electrons. The predicted molar refractivity (Wildman–Crippen MR) is 185 cm³/mol. The van der Waals surface area contributed by atoms with Gasteiger partial charge in [0.05, 0.1) is 4.70 Å². The first-order chi connectivity index (χ1) is 24.5. The van der Waals surface area contributed by atoms with Crippen LogP contribution < -0.4 is 15.5 Å². The number of ketones is 2. The van der Waals surface area contributed by atoms with Crippen LogP contribution in [0.2, 0.25) is 5.02 Å². The van der Waals surface area contributed by atoms with Crippen LogP contribution in [0.3, 0.4) is 0 Å². The summed E-state index contributed by atoms with van der Waals surface area (Å²) >= 11 is 7.21. The van der Waals surface area contributed by atoms with E-state index in [4.69, 9.17) is 11.6 Å². The van der Waals surface area contributed by atoms with Gasteiger partial charge in [-0.1, -0.05) is 65.4 Å². The molecular formula is C35H35ClF6N4O5S. The zero-order valence-electron chi connectivity index (χ0n) is 27.5. The van der Waals surface area contributed by atoms with Crippen molar-refractivity contribution in [2.24, 2.45) is 0 Å². The van der Waals surface area contributed by atoms with Crippen LogP contribution in [-0.2, 0) is 40.1 Å². The number of nitrogens with zero attached hydrogens (tertiary/aromatic N) is 1. The molecule has 1 heterocycles. The summed E-state index contributed by atoms with van der Waals surface area (Å²) < 4.78 is 67.8. The Morgan fingerprint density at radius 2 is 1.46 bits per heavy atom. The molecule has 0 bridgehead atoms. The highest BCUT2D eigenvalue weighted by atomic mass is 35.5. The molecule has 0 unspecified atom stereocenters. The number of fused-ring (bicyclic) bond motifs is 2. The third-order valence-electron chi connectivity index (χ3n) is 8.25. The second-order valence-electron chi connectivity index (χ2n) is 11.9. The fraction of sp³-hybridized carbons (Fsp3) is 0.371. The van der Waals surface area contributed by atoms with Crippen molar-refractivity contribution in [3.63, 3.8) is 0 Å². The largest absolute Gasteiger partial charge is 0.506 e. The molecule has 0 atom stereocenters. The van der Waals surface area contributed by atoms with E-state index in [0.717, 1.165) is 58.9 Å². The van der Waals surface area contributed by atoms with E-state index in [0.29, 0.717) is 38.1 Å². The smallest absolute Gasteiger partial charge is 0.458 e. The van der Waals surface area contributed by atoms with Gasteiger partial charge in [0.25, 0.3) is 0 Å². The van der Waals surface area contributed by atoms with Crippen molar-refractivity contribution in [2.45, 2.75) is 50.5 Å². The second-order valence-corrected chi connectivity index (χ2v) is 13.3. The van der Waals surface area contributed by atoms with E-state index >= 15 is 0 Å². The molecule has 17 heteroatoms. The number of H-pyrrole nitrogens is 1. The van der Waals surface area contributed by atoms with Crippen molar-refractivity contribution in [3.8, 4) is 5.75 Å². The van der Waals surface area contributed by atoms with Crippen molar-refractivity contribution in [2.75, 3.05) is 32.7 Å². The van der Waals surface area contributed by atoms with E-state index in [1.54, 1.807) is 6.07 Å². The van der Waals surface area contributed by atoms with Crippen LogP contribution in [0.4, 0.5) is 26.3 Å². The quantitative estimate of drug-likeness (QED) is 0.0752. The predicted octanol–water partition coefficient (Wildman–Crippen LogP) is 5.55. The number of aromatic hydroxyl groups is 1. The summed E-state index contributed by atoms with van der Waals surface area (Å²) in [4.78, 5) is 49.0. The number of thiazole rings is 1. The van der Waals surface area contributed by atoms with Crippen molar-refractivity contribution in [1.29, 1.82) is 0 Å². The third kappa shape index (κ3) is 11.4. The van der Waals surface area contributed by atoms with E-state index in [-0.39, 0.29) is 22.6 Å². The molecule has 52 heavy (non-hydrogen) atoms. The number of nitrogens with one attached hydrogen (secondary N) is 3. The molecule has 1 amide bonds. The maximum absolute atomic E-state index is 13.4. The first kappa shape index (κ1) is 40.5. The van der Waals surface area contributed by atoms with Crippen molar-refractivity contribution in [3.05, 3.63) is 97.6 Å². The number of benzene rings is 3. The first-order valence-electron chi connectivity index (χ1n) is 16.1. The molecule has 3 aromatic carbocycles. The molecule has 0 saturated carbocycles. The lowest BCUT2D eigenvalue weighted by molar-refractivity contribution is -0.193. The molecule has 0 spiro atoms. The van der Waals surface area contributed by atoms with Gasteiger partial charge in [0.2, 0.25) is 5.91 Å². The van der Waals surface area contributed by atoms with Gasteiger partial charge < -0.3 is 25.6 Å². The number of phenolic OH excluding ortho intramolecular Hbond substituents is 1. The Labute approximate surface area is 303 Å². The zero-order valence-corrected chi connectivity index (χ0v) is 29.1. The van der Waals surface area contributed by atoms with Gasteiger partial charge in [-0.3, -0.25) is 19.2 Å². The number of aromatic nitrogens is 1. The van der Waals surface area contributed by atoms with Crippen molar-refractivity contribution in [1.82, 2.24) is 20.5 Å². The Hall–Kier alpha value is -4.25. The minimum Gasteiger partial charge on any atom is -0.506 e. The number of phenols is 1. The monoisotopic (exact) mass is 772 g/mol. The van der Waals surface area contributed by atoms with E-state index in [2.05, 4.69) is 50.8 Å². The van der Waals surface area contributed by atoms with Gasteiger partial charge in [0.15, 0.2) is 0 Å². The molecule has 0 saturated heterocycles. The van der Waals surface area contributed by atoms with E-state index in [9.17, 15) is 50.6 Å². The summed E-state index contributed by atoms with van der Waals surface area (Å²) in [5.41, 5.74) is 5.37. The van der Waals surface area contributed by atoms with E-state index < -0.39 is 23.9 Å². The Morgan fingerprint density at radius 1 is 0.846 bits per heavy atom. The Bertz CT molecular complexity index is 1880. The maximum Gasteiger partial charge on any atom is 0.458 e. The Kier molecular flexibility index (Phi) is 14.0. The van der Waals surface area contributed by atoms with Gasteiger partial charge >= 0.3 is 28.8 Å². The average molecular weight is 773 g/mol. The van der Waals surface area contributed by atoms with Gasteiger partial charge in [-0.2, -0.15) is 26.3 Å².